The second kappa shape index (κ2) is 11.5. The molecule has 3 aliphatic rings. The SMILES string of the molecule is C[C@H]1C(=O)N(C)C/C=C/CCCCCN2C[C@@]3(CCCc4cc(Cl)ccc43)COc3ccc(cc32)[C@]1(O)C(=O)O. The van der Waals surface area contributed by atoms with Crippen molar-refractivity contribution in [2.24, 2.45) is 5.92 Å². The number of nitrogens with zero attached hydrogens (tertiary/aromatic N) is 2. The maximum Gasteiger partial charge on any atom is 0.341 e. The second-order valence-corrected chi connectivity index (χ2v) is 12.1. The van der Waals surface area contributed by atoms with Gasteiger partial charge in [-0.3, -0.25) is 4.79 Å². The Hall–Kier alpha value is -3.03. The maximum atomic E-state index is 13.3. The Morgan fingerprint density at radius 3 is 2.73 bits per heavy atom. The summed E-state index contributed by atoms with van der Waals surface area (Å²) in [5.41, 5.74) is 0.817. The molecule has 40 heavy (non-hydrogen) atoms. The molecule has 2 aromatic rings. The third-order valence-electron chi connectivity index (χ3n) is 9.02. The molecule has 1 spiro atoms. The normalized spacial score (nSPS) is 28.4. The molecule has 0 aromatic heterocycles. The lowest BCUT2D eigenvalue weighted by molar-refractivity contribution is -0.172. The Labute approximate surface area is 241 Å². The Morgan fingerprint density at radius 1 is 1.10 bits per heavy atom. The van der Waals surface area contributed by atoms with Gasteiger partial charge in [0.2, 0.25) is 5.91 Å². The quantitative estimate of drug-likeness (QED) is 0.455. The summed E-state index contributed by atoms with van der Waals surface area (Å²) >= 11 is 6.36. The molecule has 0 saturated carbocycles. The van der Waals surface area contributed by atoms with Crippen molar-refractivity contribution in [1.82, 2.24) is 4.90 Å². The predicted octanol–water partition coefficient (Wildman–Crippen LogP) is 5.31. The molecule has 2 N–H and O–H groups in total. The van der Waals surface area contributed by atoms with Gasteiger partial charge in [-0.25, -0.2) is 4.79 Å². The molecule has 2 heterocycles. The average molecular weight is 567 g/mol. The molecule has 1 amide bonds. The van der Waals surface area contributed by atoms with Crippen LogP contribution in [-0.2, 0) is 27.0 Å². The number of fused-ring (bicyclic) bond motifs is 3. The summed E-state index contributed by atoms with van der Waals surface area (Å²) in [6, 6.07) is 11.2. The van der Waals surface area contributed by atoms with Crippen LogP contribution in [0, 0.1) is 5.92 Å². The lowest BCUT2D eigenvalue weighted by Crippen LogP contribution is -2.49. The fourth-order valence-electron chi connectivity index (χ4n) is 6.64. The molecule has 0 unspecified atom stereocenters. The summed E-state index contributed by atoms with van der Waals surface area (Å²) < 4.78 is 6.50. The molecule has 2 aromatic carbocycles. The van der Waals surface area contributed by atoms with Gasteiger partial charge in [0.1, 0.15) is 5.75 Å². The van der Waals surface area contributed by atoms with Crippen LogP contribution in [0.15, 0.2) is 48.6 Å². The molecule has 8 heteroatoms. The Bertz CT molecular complexity index is 1310. The minimum atomic E-state index is -2.40. The summed E-state index contributed by atoms with van der Waals surface area (Å²) in [7, 11) is 1.63. The largest absolute Gasteiger partial charge is 0.490 e. The molecule has 2 bridgehead atoms. The molecular formula is C32H39ClN2O5. The van der Waals surface area contributed by atoms with Crippen LogP contribution in [0.3, 0.4) is 0 Å². The van der Waals surface area contributed by atoms with Crippen molar-refractivity contribution in [1.29, 1.82) is 0 Å². The first-order valence-electron chi connectivity index (χ1n) is 14.3. The molecule has 0 fully saturated rings. The van der Waals surface area contributed by atoms with E-state index in [-0.39, 0.29) is 11.0 Å². The van der Waals surface area contributed by atoms with Crippen molar-refractivity contribution < 1.29 is 24.5 Å². The fourth-order valence-corrected chi connectivity index (χ4v) is 6.83. The van der Waals surface area contributed by atoms with Gasteiger partial charge in [-0.1, -0.05) is 42.3 Å². The molecule has 0 saturated heterocycles. The number of carboxylic acids is 1. The summed E-state index contributed by atoms with van der Waals surface area (Å²) in [5, 5.41) is 22.7. The number of amides is 1. The summed E-state index contributed by atoms with van der Waals surface area (Å²) in [4.78, 5) is 29.7. The molecule has 214 valence electrons. The molecule has 0 radical (unpaired) electrons. The van der Waals surface area contributed by atoms with Crippen LogP contribution in [0.2, 0.25) is 5.02 Å². The number of benzene rings is 2. The van der Waals surface area contributed by atoms with Crippen molar-refractivity contribution in [2.45, 2.75) is 62.9 Å². The molecule has 1 aliphatic carbocycles. The van der Waals surface area contributed by atoms with E-state index in [1.807, 2.05) is 12.1 Å². The standard InChI is InChI=1S/C32H39ClN2O5/c1-22-29(36)34(2)16-7-5-3-4-6-8-17-35-20-31(15-9-10-23-18-25(33)12-13-26(23)31)21-40-28-14-11-24(19-27(28)35)32(22,39)30(37)38/h5,7,11-14,18-19,22,39H,3-4,6,8-10,15-17,20-21H2,1-2H3,(H,37,38)/b7-5+/t22-,31-,32-/m0/s1. The monoisotopic (exact) mass is 566 g/mol. The number of ether oxygens (including phenoxy) is 1. The molecule has 5 rings (SSSR count). The van der Waals surface area contributed by atoms with Crippen LogP contribution in [0.4, 0.5) is 5.69 Å². The van der Waals surface area contributed by atoms with Gasteiger partial charge in [-0.2, -0.15) is 0 Å². The highest BCUT2D eigenvalue weighted by molar-refractivity contribution is 6.30. The van der Waals surface area contributed by atoms with Gasteiger partial charge < -0.3 is 24.7 Å². The molecule has 3 atom stereocenters. The number of aliphatic carboxylic acids is 1. The van der Waals surface area contributed by atoms with Gasteiger partial charge in [-0.15, -0.1) is 0 Å². The number of rotatable bonds is 1. The van der Waals surface area contributed by atoms with Crippen LogP contribution in [-0.4, -0.2) is 60.3 Å². The number of carboxylic acid groups (broad SMARTS) is 1. The number of aliphatic hydroxyl groups is 1. The van der Waals surface area contributed by atoms with E-state index in [0.717, 1.165) is 62.2 Å². The Kier molecular flexibility index (Phi) is 8.16. The van der Waals surface area contributed by atoms with Crippen molar-refractivity contribution in [2.75, 3.05) is 38.2 Å². The van der Waals surface area contributed by atoms with E-state index < -0.39 is 23.4 Å². The zero-order valence-corrected chi connectivity index (χ0v) is 24.1. The van der Waals surface area contributed by atoms with E-state index in [1.54, 1.807) is 25.2 Å². The van der Waals surface area contributed by atoms with Crippen LogP contribution in [0.25, 0.3) is 0 Å². The van der Waals surface area contributed by atoms with Crippen LogP contribution in [0.5, 0.6) is 5.75 Å². The van der Waals surface area contributed by atoms with Gasteiger partial charge in [0, 0.05) is 37.1 Å². The molecular weight excluding hydrogens is 528 g/mol. The third kappa shape index (κ3) is 5.21. The van der Waals surface area contributed by atoms with E-state index >= 15 is 0 Å². The first-order valence-corrected chi connectivity index (χ1v) is 14.7. The lowest BCUT2D eigenvalue weighted by atomic mass is 9.70. The zero-order valence-electron chi connectivity index (χ0n) is 23.4. The minimum absolute atomic E-state index is 0.177. The summed E-state index contributed by atoms with van der Waals surface area (Å²) in [5.74, 6) is -2.42. The van der Waals surface area contributed by atoms with E-state index in [9.17, 15) is 19.8 Å². The highest BCUT2D eigenvalue weighted by Gasteiger charge is 2.49. The van der Waals surface area contributed by atoms with Gasteiger partial charge in [-0.05, 0) is 86.4 Å². The van der Waals surface area contributed by atoms with E-state index in [0.29, 0.717) is 25.4 Å². The zero-order chi connectivity index (χ0) is 28.5. The Morgan fingerprint density at radius 2 is 1.93 bits per heavy atom. The number of allylic oxidation sites excluding steroid dienone is 1. The highest BCUT2D eigenvalue weighted by atomic mass is 35.5. The fraction of sp³-hybridized carbons (Fsp3) is 0.500. The number of hydrogen-bond donors (Lipinski definition) is 2. The predicted molar refractivity (Wildman–Crippen MR) is 156 cm³/mol. The van der Waals surface area contributed by atoms with E-state index in [4.69, 9.17) is 16.3 Å². The number of halogens is 1. The minimum Gasteiger partial charge on any atom is -0.490 e. The Balaban J connectivity index is 1.60. The van der Waals surface area contributed by atoms with Gasteiger partial charge >= 0.3 is 5.97 Å². The van der Waals surface area contributed by atoms with E-state index in [2.05, 4.69) is 23.1 Å². The number of carbonyl (C=O) groups is 2. The first kappa shape index (κ1) is 28.5. The second-order valence-electron chi connectivity index (χ2n) is 11.7. The van der Waals surface area contributed by atoms with Crippen LogP contribution >= 0.6 is 11.6 Å². The number of anilines is 1. The van der Waals surface area contributed by atoms with Gasteiger partial charge in [0.05, 0.1) is 18.2 Å². The van der Waals surface area contributed by atoms with Crippen molar-refractivity contribution in [3.05, 3.63) is 70.3 Å². The highest BCUT2D eigenvalue weighted by Crippen LogP contribution is 2.46. The van der Waals surface area contributed by atoms with Crippen molar-refractivity contribution in [3.8, 4) is 5.75 Å². The van der Waals surface area contributed by atoms with Gasteiger partial charge in [0.15, 0.2) is 5.60 Å². The number of aryl methyl sites for hydroxylation is 1. The van der Waals surface area contributed by atoms with Crippen LogP contribution in [0.1, 0.15) is 62.1 Å². The maximum absolute atomic E-state index is 13.3. The third-order valence-corrected chi connectivity index (χ3v) is 9.26. The number of likely N-dealkylation sites (N-methyl/N-ethyl adjacent to an activating group) is 1. The van der Waals surface area contributed by atoms with Gasteiger partial charge in [0.25, 0.3) is 0 Å². The molecule has 7 nitrogen and oxygen atoms in total. The first-order chi connectivity index (χ1) is 19.2. The summed E-state index contributed by atoms with van der Waals surface area (Å²) in [6.45, 7) is 3.83. The van der Waals surface area contributed by atoms with Crippen LogP contribution < -0.4 is 9.64 Å². The average Bonchev–Trinajstić information content (AvgIpc) is 3.09. The van der Waals surface area contributed by atoms with Crippen molar-refractivity contribution >= 4 is 29.2 Å². The number of carbonyl (C=O) groups excluding carboxylic acids is 1. The molecule has 2 aliphatic heterocycles. The lowest BCUT2D eigenvalue weighted by Gasteiger charge is -2.41. The topological polar surface area (TPSA) is 90.3 Å². The smallest absolute Gasteiger partial charge is 0.341 e. The summed E-state index contributed by atoms with van der Waals surface area (Å²) in [6.07, 6.45) is 11.0. The number of hydrogen-bond acceptors (Lipinski definition) is 5. The van der Waals surface area contributed by atoms with E-state index in [1.165, 1.54) is 23.0 Å². The van der Waals surface area contributed by atoms with Crippen molar-refractivity contribution in [3.63, 3.8) is 0 Å².